The van der Waals surface area contributed by atoms with Crippen LogP contribution in [0.2, 0.25) is 0 Å². The molecule has 2 rings (SSSR count). The molecule has 0 bridgehead atoms. The van der Waals surface area contributed by atoms with E-state index in [2.05, 4.69) is 54.4 Å². The Bertz CT molecular complexity index is 438. The Kier molecular flexibility index (Phi) is 3.15. The molecule has 0 aromatic heterocycles. The highest BCUT2D eigenvalue weighted by Gasteiger charge is 2.01. The summed E-state index contributed by atoms with van der Waals surface area (Å²) in [6.45, 7) is 0. The molecule has 0 unspecified atom stereocenters. The Labute approximate surface area is 93.7 Å². The van der Waals surface area contributed by atoms with E-state index in [1.165, 1.54) is 16.0 Å². The van der Waals surface area contributed by atoms with E-state index in [9.17, 15) is 0 Å². The second-order valence-corrected chi connectivity index (χ2v) is 3.90. The fourth-order valence-corrected chi connectivity index (χ4v) is 2.12. The van der Waals surface area contributed by atoms with Crippen LogP contribution in [0, 0.1) is 0 Å². The van der Waals surface area contributed by atoms with Crippen LogP contribution in [0.1, 0.15) is 11.1 Å². The van der Waals surface area contributed by atoms with Crippen molar-refractivity contribution >= 4 is 21.7 Å². The number of rotatable bonds is 2. The first-order valence-corrected chi connectivity index (χ1v) is 5.80. The molecule has 0 radical (unpaired) electrons. The lowest BCUT2D eigenvalue weighted by molar-refractivity contribution is 1.62. The van der Waals surface area contributed by atoms with Gasteiger partial charge in [0.1, 0.15) is 0 Å². The number of hydrogen-bond donors (Lipinski definition) is 0. The van der Waals surface area contributed by atoms with Crippen molar-refractivity contribution in [3.8, 4) is 0 Å². The van der Waals surface area contributed by atoms with Crippen molar-refractivity contribution in [3.63, 3.8) is 0 Å². The van der Waals surface area contributed by atoms with Gasteiger partial charge in [-0.1, -0.05) is 60.7 Å². The van der Waals surface area contributed by atoms with Gasteiger partial charge >= 0.3 is 0 Å². The Balaban J connectivity index is 2.48. The largest absolute Gasteiger partial charge is 0.151 e. The molecule has 0 heterocycles. The van der Waals surface area contributed by atoms with Gasteiger partial charge < -0.3 is 0 Å². The molecule has 0 aliphatic carbocycles. The van der Waals surface area contributed by atoms with E-state index in [1.54, 1.807) is 10.9 Å². The SMILES string of the molecule is C=S=C(c1ccccc1)c1ccccc1. The lowest BCUT2D eigenvalue weighted by Crippen LogP contribution is -1.98. The monoisotopic (exact) mass is 212 g/mol. The second-order valence-electron chi connectivity index (χ2n) is 3.21. The maximum atomic E-state index is 3.92. The summed E-state index contributed by atoms with van der Waals surface area (Å²) in [7, 11) is 1.54. The lowest BCUT2D eigenvalue weighted by atomic mass is 10.1. The molecule has 0 fully saturated rings. The van der Waals surface area contributed by atoms with Crippen molar-refractivity contribution in [2.45, 2.75) is 0 Å². The minimum absolute atomic E-state index is 1.22. The third-order valence-electron chi connectivity index (χ3n) is 2.22. The number of hydrogen-bond acceptors (Lipinski definition) is 0. The fourth-order valence-electron chi connectivity index (χ4n) is 1.51. The van der Waals surface area contributed by atoms with Crippen molar-refractivity contribution in [1.82, 2.24) is 0 Å². The predicted octanol–water partition coefficient (Wildman–Crippen LogP) is 3.42. The minimum Gasteiger partial charge on any atom is -0.151 e. The molecule has 1 heteroatoms. The van der Waals surface area contributed by atoms with E-state index in [4.69, 9.17) is 0 Å². The molecule has 0 atom stereocenters. The zero-order chi connectivity index (χ0) is 10.5. The van der Waals surface area contributed by atoms with Crippen molar-refractivity contribution in [3.05, 3.63) is 71.8 Å². The van der Waals surface area contributed by atoms with E-state index in [0.29, 0.717) is 0 Å². The molecule has 0 N–H and O–H groups in total. The standard InChI is InChI=1S/C14H12S/c1-15-14(12-8-4-2-5-9-12)13-10-6-3-7-11-13/h2-11H,1H2. The van der Waals surface area contributed by atoms with Crippen LogP contribution in [0.4, 0.5) is 0 Å². The summed E-state index contributed by atoms with van der Waals surface area (Å²) in [6, 6.07) is 20.7. The summed E-state index contributed by atoms with van der Waals surface area (Å²) >= 11 is 0. The van der Waals surface area contributed by atoms with Gasteiger partial charge in [0.05, 0.1) is 0 Å². The quantitative estimate of drug-likeness (QED) is 0.528. The van der Waals surface area contributed by atoms with Crippen molar-refractivity contribution in [2.75, 3.05) is 0 Å². The molecule has 0 saturated heterocycles. The third-order valence-corrected chi connectivity index (χ3v) is 2.98. The highest BCUT2D eigenvalue weighted by atomic mass is 32.1. The molecule has 2 aromatic rings. The van der Waals surface area contributed by atoms with Gasteiger partial charge in [-0.15, -0.1) is 0 Å². The Morgan fingerprint density at radius 2 is 1.13 bits per heavy atom. The van der Waals surface area contributed by atoms with Crippen molar-refractivity contribution in [1.29, 1.82) is 0 Å². The molecule has 0 amide bonds. The van der Waals surface area contributed by atoms with Crippen LogP contribution in [-0.2, 0) is 0 Å². The maximum Gasteiger partial charge on any atom is 0.0408 e. The normalized spacial score (nSPS) is 9.60. The average Bonchev–Trinajstić information content (AvgIpc) is 2.33. The Morgan fingerprint density at radius 3 is 1.47 bits per heavy atom. The topological polar surface area (TPSA) is 0 Å². The zero-order valence-electron chi connectivity index (χ0n) is 8.39. The fraction of sp³-hybridized carbons (Fsp3) is 0. The van der Waals surface area contributed by atoms with E-state index in [0.717, 1.165) is 0 Å². The lowest BCUT2D eigenvalue weighted by Gasteiger charge is -2.04. The first-order valence-electron chi connectivity index (χ1n) is 4.81. The van der Waals surface area contributed by atoms with Crippen LogP contribution >= 0.6 is 10.9 Å². The van der Waals surface area contributed by atoms with Gasteiger partial charge in [-0.2, -0.15) is 10.9 Å². The molecule has 0 saturated carbocycles. The second kappa shape index (κ2) is 4.76. The van der Waals surface area contributed by atoms with Crippen LogP contribution < -0.4 is 0 Å². The molecule has 0 aliphatic rings. The van der Waals surface area contributed by atoms with Crippen LogP contribution in [0.25, 0.3) is 0 Å². The Morgan fingerprint density at radius 1 is 0.733 bits per heavy atom. The number of benzene rings is 2. The highest BCUT2D eigenvalue weighted by Crippen LogP contribution is 2.11. The predicted molar refractivity (Wildman–Crippen MR) is 70.8 cm³/mol. The first kappa shape index (κ1) is 9.94. The van der Waals surface area contributed by atoms with E-state index in [1.807, 2.05) is 12.1 Å². The summed E-state index contributed by atoms with van der Waals surface area (Å²) in [6.07, 6.45) is 0. The molecule has 0 nitrogen and oxygen atoms in total. The van der Waals surface area contributed by atoms with Gasteiger partial charge in [-0.3, -0.25) is 0 Å². The minimum atomic E-state index is 1.22. The van der Waals surface area contributed by atoms with Gasteiger partial charge in [-0.25, -0.2) is 0 Å². The van der Waals surface area contributed by atoms with Crippen molar-refractivity contribution in [2.24, 2.45) is 0 Å². The Hall–Kier alpha value is -1.60. The zero-order valence-corrected chi connectivity index (χ0v) is 9.21. The van der Waals surface area contributed by atoms with Crippen molar-refractivity contribution < 1.29 is 0 Å². The molecular weight excluding hydrogens is 200 g/mol. The molecule has 0 aliphatic heterocycles. The van der Waals surface area contributed by atoms with Gasteiger partial charge in [0.25, 0.3) is 0 Å². The first-order chi connectivity index (χ1) is 7.42. The average molecular weight is 212 g/mol. The summed E-state index contributed by atoms with van der Waals surface area (Å²) in [5.74, 6) is 3.92. The van der Waals surface area contributed by atoms with Crippen LogP contribution in [0.3, 0.4) is 0 Å². The van der Waals surface area contributed by atoms with E-state index >= 15 is 0 Å². The van der Waals surface area contributed by atoms with Crippen LogP contribution in [-0.4, -0.2) is 10.7 Å². The maximum absolute atomic E-state index is 3.92. The van der Waals surface area contributed by atoms with Gasteiger partial charge in [0.2, 0.25) is 0 Å². The highest BCUT2D eigenvalue weighted by molar-refractivity contribution is 7.96. The molecule has 2 aromatic carbocycles. The van der Waals surface area contributed by atoms with Crippen LogP contribution in [0.5, 0.6) is 0 Å². The smallest absolute Gasteiger partial charge is 0.0408 e. The molecular formula is C14H12S. The molecule has 15 heavy (non-hydrogen) atoms. The van der Waals surface area contributed by atoms with Gasteiger partial charge in [0, 0.05) is 4.86 Å². The van der Waals surface area contributed by atoms with Gasteiger partial charge in [0.15, 0.2) is 0 Å². The third kappa shape index (κ3) is 2.25. The van der Waals surface area contributed by atoms with Crippen LogP contribution in [0.15, 0.2) is 60.7 Å². The van der Waals surface area contributed by atoms with E-state index in [-0.39, 0.29) is 0 Å². The summed E-state index contributed by atoms with van der Waals surface area (Å²) in [4.78, 5) is 1.22. The van der Waals surface area contributed by atoms with E-state index < -0.39 is 0 Å². The summed E-state index contributed by atoms with van der Waals surface area (Å²) < 4.78 is 0. The molecule has 74 valence electrons. The summed E-state index contributed by atoms with van der Waals surface area (Å²) in [5.41, 5.74) is 2.45. The summed E-state index contributed by atoms with van der Waals surface area (Å²) in [5, 5.41) is 0. The molecule has 0 spiro atoms. The van der Waals surface area contributed by atoms with Gasteiger partial charge in [-0.05, 0) is 17.0 Å².